The monoisotopic (exact) mass is 166 g/mol. The normalized spacial score (nSPS) is 18.1. The van der Waals surface area contributed by atoms with Gasteiger partial charge >= 0.3 is 5.97 Å². The second-order valence-corrected chi connectivity index (χ2v) is 3.33. The van der Waals surface area contributed by atoms with Gasteiger partial charge in [-0.2, -0.15) is 0 Å². The van der Waals surface area contributed by atoms with E-state index in [1.54, 1.807) is 6.08 Å². The topological polar surface area (TPSA) is 26.3 Å². The van der Waals surface area contributed by atoms with Crippen LogP contribution in [0, 0.1) is 0 Å². The number of allylic oxidation sites excluding steroid dienone is 3. The average molecular weight is 166 g/mol. The first kappa shape index (κ1) is 9.04. The molecule has 0 saturated heterocycles. The Kier molecular flexibility index (Phi) is 2.69. The smallest absolute Gasteiger partial charge is 0.335 e. The van der Waals surface area contributed by atoms with Gasteiger partial charge in [0.1, 0.15) is 5.76 Å². The van der Waals surface area contributed by atoms with Crippen LogP contribution in [0.5, 0.6) is 0 Å². The lowest BCUT2D eigenvalue weighted by Crippen LogP contribution is -1.99. The molecular formula is C10H14O2. The molecule has 0 amide bonds. The maximum atomic E-state index is 11.1. The Labute approximate surface area is 72.9 Å². The molecular weight excluding hydrogens is 152 g/mol. The molecule has 0 aliphatic carbocycles. The zero-order valence-electron chi connectivity index (χ0n) is 7.81. The maximum absolute atomic E-state index is 11.1. The van der Waals surface area contributed by atoms with E-state index in [4.69, 9.17) is 4.74 Å². The SMILES string of the molecule is CC1=CC(=O)OC(=C(C)C)CC1. The van der Waals surface area contributed by atoms with Crippen molar-refractivity contribution in [3.05, 3.63) is 23.0 Å². The molecule has 2 heteroatoms. The third-order valence-electron chi connectivity index (χ3n) is 1.89. The molecule has 0 aromatic carbocycles. The number of rotatable bonds is 0. The van der Waals surface area contributed by atoms with Crippen molar-refractivity contribution in [1.29, 1.82) is 0 Å². The molecule has 66 valence electrons. The molecule has 0 aromatic rings. The minimum absolute atomic E-state index is 0.235. The third kappa shape index (κ3) is 2.22. The number of carbonyl (C=O) groups is 1. The van der Waals surface area contributed by atoms with Gasteiger partial charge < -0.3 is 4.74 Å². The molecule has 2 nitrogen and oxygen atoms in total. The van der Waals surface area contributed by atoms with Crippen molar-refractivity contribution in [2.75, 3.05) is 0 Å². The summed E-state index contributed by atoms with van der Waals surface area (Å²) >= 11 is 0. The quantitative estimate of drug-likeness (QED) is 0.517. The highest BCUT2D eigenvalue weighted by molar-refractivity contribution is 5.84. The number of esters is 1. The van der Waals surface area contributed by atoms with E-state index in [0.717, 1.165) is 29.7 Å². The molecule has 0 saturated carbocycles. The lowest BCUT2D eigenvalue weighted by molar-refractivity contribution is -0.133. The molecule has 0 unspecified atom stereocenters. The summed E-state index contributed by atoms with van der Waals surface area (Å²) < 4.78 is 5.11. The first-order valence-electron chi connectivity index (χ1n) is 4.15. The minimum atomic E-state index is -0.235. The Balaban J connectivity index is 2.82. The Morgan fingerprint density at radius 1 is 1.42 bits per heavy atom. The van der Waals surface area contributed by atoms with Crippen LogP contribution in [0.4, 0.5) is 0 Å². The van der Waals surface area contributed by atoms with Crippen molar-refractivity contribution in [1.82, 2.24) is 0 Å². The summed E-state index contributed by atoms with van der Waals surface area (Å²) in [6.45, 7) is 5.88. The van der Waals surface area contributed by atoms with Crippen molar-refractivity contribution in [2.24, 2.45) is 0 Å². The van der Waals surface area contributed by atoms with Crippen LogP contribution in [0.15, 0.2) is 23.0 Å². The average Bonchev–Trinajstić information content (AvgIpc) is 2.11. The van der Waals surface area contributed by atoms with Crippen LogP contribution < -0.4 is 0 Å². The second kappa shape index (κ2) is 3.57. The molecule has 0 spiro atoms. The fourth-order valence-electron chi connectivity index (χ4n) is 1.14. The Morgan fingerprint density at radius 3 is 2.67 bits per heavy atom. The van der Waals surface area contributed by atoms with Crippen molar-refractivity contribution in [3.63, 3.8) is 0 Å². The highest BCUT2D eigenvalue weighted by Crippen LogP contribution is 2.20. The first-order valence-corrected chi connectivity index (χ1v) is 4.15. The van der Waals surface area contributed by atoms with Gasteiger partial charge in [-0.1, -0.05) is 5.57 Å². The van der Waals surface area contributed by atoms with Crippen molar-refractivity contribution in [2.45, 2.75) is 33.6 Å². The van der Waals surface area contributed by atoms with Crippen LogP contribution in [0.2, 0.25) is 0 Å². The summed E-state index contributed by atoms with van der Waals surface area (Å²) in [5, 5.41) is 0. The van der Waals surface area contributed by atoms with E-state index in [-0.39, 0.29) is 5.97 Å². The van der Waals surface area contributed by atoms with Gasteiger partial charge in [-0.05, 0) is 32.8 Å². The fourth-order valence-corrected chi connectivity index (χ4v) is 1.14. The summed E-state index contributed by atoms with van der Waals surface area (Å²) in [4.78, 5) is 11.1. The summed E-state index contributed by atoms with van der Waals surface area (Å²) in [6.07, 6.45) is 3.33. The second-order valence-electron chi connectivity index (χ2n) is 3.33. The van der Waals surface area contributed by atoms with Crippen LogP contribution in [0.1, 0.15) is 33.6 Å². The summed E-state index contributed by atoms with van der Waals surface area (Å²) in [5.41, 5.74) is 2.18. The van der Waals surface area contributed by atoms with E-state index < -0.39 is 0 Å². The van der Waals surface area contributed by atoms with Crippen LogP contribution in [0.3, 0.4) is 0 Å². The van der Waals surface area contributed by atoms with Crippen molar-refractivity contribution < 1.29 is 9.53 Å². The largest absolute Gasteiger partial charge is 0.428 e. The Morgan fingerprint density at radius 2 is 2.08 bits per heavy atom. The predicted octanol–water partition coefficient (Wildman–Crippen LogP) is 2.56. The molecule has 0 N–H and O–H groups in total. The third-order valence-corrected chi connectivity index (χ3v) is 1.89. The van der Waals surface area contributed by atoms with Gasteiger partial charge in [0, 0.05) is 12.5 Å². The first-order chi connectivity index (χ1) is 5.59. The van der Waals surface area contributed by atoms with Crippen molar-refractivity contribution >= 4 is 5.97 Å². The van der Waals surface area contributed by atoms with Gasteiger partial charge in [0.15, 0.2) is 0 Å². The van der Waals surface area contributed by atoms with Gasteiger partial charge in [0.25, 0.3) is 0 Å². The van der Waals surface area contributed by atoms with Gasteiger partial charge in [0.05, 0.1) is 0 Å². The number of ether oxygens (including phenoxy) is 1. The molecule has 0 aromatic heterocycles. The molecule has 0 bridgehead atoms. The zero-order chi connectivity index (χ0) is 9.14. The minimum Gasteiger partial charge on any atom is -0.428 e. The van der Waals surface area contributed by atoms with Crippen LogP contribution >= 0.6 is 0 Å². The number of hydrogen-bond acceptors (Lipinski definition) is 2. The van der Waals surface area contributed by atoms with Crippen LogP contribution in [-0.2, 0) is 9.53 Å². The van der Waals surface area contributed by atoms with Gasteiger partial charge in [0.2, 0.25) is 0 Å². The molecule has 12 heavy (non-hydrogen) atoms. The fraction of sp³-hybridized carbons (Fsp3) is 0.500. The Hall–Kier alpha value is -1.05. The van der Waals surface area contributed by atoms with E-state index in [9.17, 15) is 4.79 Å². The molecule has 0 fully saturated rings. The predicted molar refractivity (Wildman–Crippen MR) is 47.5 cm³/mol. The summed E-state index contributed by atoms with van der Waals surface area (Å²) in [5.74, 6) is 0.592. The summed E-state index contributed by atoms with van der Waals surface area (Å²) in [7, 11) is 0. The molecule has 0 radical (unpaired) electrons. The molecule has 0 atom stereocenters. The standard InChI is InChI=1S/C10H14O2/c1-7(2)9-5-4-8(3)6-10(11)12-9/h6H,4-5H2,1-3H3. The maximum Gasteiger partial charge on any atom is 0.335 e. The van der Waals surface area contributed by atoms with Crippen LogP contribution in [-0.4, -0.2) is 5.97 Å². The van der Waals surface area contributed by atoms with Gasteiger partial charge in [-0.15, -0.1) is 0 Å². The Bertz CT molecular complexity index is 255. The molecule has 1 aliphatic rings. The molecule has 1 heterocycles. The zero-order valence-corrected chi connectivity index (χ0v) is 7.81. The molecule has 1 rings (SSSR count). The van der Waals surface area contributed by atoms with E-state index in [0.29, 0.717) is 0 Å². The summed E-state index contributed by atoms with van der Waals surface area (Å²) in [6, 6.07) is 0. The number of hydrogen-bond donors (Lipinski definition) is 0. The van der Waals surface area contributed by atoms with Crippen LogP contribution in [0.25, 0.3) is 0 Å². The van der Waals surface area contributed by atoms with Gasteiger partial charge in [-0.3, -0.25) is 0 Å². The number of carbonyl (C=O) groups excluding carboxylic acids is 1. The van der Waals surface area contributed by atoms with E-state index in [1.807, 2.05) is 20.8 Å². The highest BCUT2D eigenvalue weighted by atomic mass is 16.5. The lowest BCUT2D eigenvalue weighted by atomic mass is 10.1. The van der Waals surface area contributed by atoms with E-state index in [1.165, 1.54) is 0 Å². The lowest BCUT2D eigenvalue weighted by Gasteiger charge is -2.05. The number of cyclic esters (lactones) is 1. The van der Waals surface area contributed by atoms with Crippen molar-refractivity contribution in [3.8, 4) is 0 Å². The highest BCUT2D eigenvalue weighted by Gasteiger charge is 2.11. The van der Waals surface area contributed by atoms with Gasteiger partial charge in [-0.25, -0.2) is 4.79 Å². The molecule has 1 aliphatic heterocycles. The van der Waals surface area contributed by atoms with E-state index >= 15 is 0 Å². The van der Waals surface area contributed by atoms with E-state index in [2.05, 4.69) is 0 Å².